The maximum absolute atomic E-state index is 9.49. The number of hydrogen-bond donors (Lipinski definition) is 4. The first-order chi connectivity index (χ1) is 8.95. The van der Waals surface area contributed by atoms with Crippen LogP contribution in [0.15, 0.2) is 0 Å². The molecule has 0 aromatic carbocycles. The minimum atomic E-state index is -0.419. The molecule has 0 amide bonds. The van der Waals surface area contributed by atoms with Gasteiger partial charge in [-0.15, -0.1) is 0 Å². The standard InChI is InChI=1S/C8H18O2.2C4H10O/c1-6(2)7(10)8(3,4)5-9;2*1-4(2)3-5/h6-7,9-10H,5H2,1-4H3;2*4-5H,3H2,1-2H3. The van der Waals surface area contributed by atoms with E-state index in [1.165, 1.54) is 0 Å². The Bertz CT molecular complexity index is 181. The van der Waals surface area contributed by atoms with Gasteiger partial charge in [0.1, 0.15) is 0 Å². The molecule has 0 aliphatic rings. The van der Waals surface area contributed by atoms with Crippen LogP contribution >= 0.6 is 0 Å². The molecule has 0 fully saturated rings. The van der Waals surface area contributed by atoms with E-state index in [0.29, 0.717) is 25.0 Å². The summed E-state index contributed by atoms with van der Waals surface area (Å²) in [6, 6.07) is 0. The van der Waals surface area contributed by atoms with E-state index < -0.39 is 6.10 Å². The lowest BCUT2D eigenvalue weighted by molar-refractivity contribution is -0.0204. The minimum Gasteiger partial charge on any atom is -0.396 e. The van der Waals surface area contributed by atoms with Crippen LogP contribution in [0.1, 0.15) is 55.4 Å². The fourth-order valence-electron chi connectivity index (χ4n) is 0.996. The zero-order valence-corrected chi connectivity index (χ0v) is 14.7. The molecule has 0 aromatic heterocycles. The second kappa shape index (κ2) is 13.8. The van der Waals surface area contributed by atoms with Crippen LogP contribution in [0.2, 0.25) is 0 Å². The molecule has 0 aromatic rings. The van der Waals surface area contributed by atoms with Crippen LogP contribution < -0.4 is 0 Å². The second-order valence-electron chi connectivity index (χ2n) is 6.99. The smallest absolute Gasteiger partial charge is 0.0635 e. The van der Waals surface area contributed by atoms with E-state index in [-0.39, 0.29) is 17.9 Å². The van der Waals surface area contributed by atoms with Crippen molar-refractivity contribution >= 4 is 0 Å². The van der Waals surface area contributed by atoms with Crippen LogP contribution in [-0.4, -0.2) is 46.4 Å². The highest BCUT2D eigenvalue weighted by Crippen LogP contribution is 2.24. The lowest BCUT2D eigenvalue weighted by Gasteiger charge is -2.30. The molecule has 126 valence electrons. The molecule has 0 radical (unpaired) electrons. The van der Waals surface area contributed by atoms with Gasteiger partial charge in [0.15, 0.2) is 0 Å². The van der Waals surface area contributed by atoms with Crippen molar-refractivity contribution in [3.8, 4) is 0 Å². The first-order valence-electron chi connectivity index (χ1n) is 7.46. The molecule has 0 rings (SSSR count). The van der Waals surface area contributed by atoms with Gasteiger partial charge in [0.25, 0.3) is 0 Å². The largest absolute Gasteiger partial charge is 0.396 e. The van der Waals surface area contributed by atoms with Crippen molar-refractivity contribution in [3.63, 3.8) is 0 Å². The molecular formula is C16H38O4. The molecule has 0 bridgehead atoms. The Kier molecular flexibility index (Phi) is 17.1. The van der Waals surface area contributed by atoms with E-state index in [0.717, 1.165) is 0 Å². The van der Waals surface area contributed by atoms with Crippen molar-refractivity contribution in [2.75, 3.05) is 19.8 Å². The predicted octanol–water partition coefficient (Wildman–Crippen LogP) is 2.29. The molecule has 0 spiro atoms. The number of aliphatic hydroxyl groups is 4. The van der Waals surface area contributed by atoms with E-state index in [1.807, 2.05) is 55.4 Å². The molecule has 1 atom stereocenters. The minimum absolute atomic E-state index is 0.0341. The van der Waals surface area contributed by atoms with E-state index in [9.17, 15) is 5.11 Å². The van der Waals surface area contributed by atoms with Crippen molar-refractivity contribution in [3.05, 3.63) is 0 Å². The van der Waals surface area contributed by atoms with Gasteiger partial charge in [-0.2, -0.15) is 0 Å². The zero-order valence-electron chi connectivity index (χ0n) is 14.7. The fraction of sp³-hybridized carbons (Fsp3) is 1.00. The summed E-state index contributed by atoms with van der Waals surface area (Å²) in [7, 11) is 0. The van der Waals surface area contributed by atoms with Crippen LogP contribution in [0.4, 0.5) is 0 Å². The average Bonchev–Trinajstić information content (AvgIpc) is 2.38. The van der Waals surface area contributed by atoms with Gasteiger partial charge in [0.2, 0.25) is 0 Å². The molecule has 4 nitrogen and oxygen atoms in total. The third-order valence-corrected chi connectivity index (χ3v) is 2.57. The normalized spacial score (nSPS) is 12.8. The summed E-state index contributed by atoms with van der Waals surface area (Å²) in [6.45, 7) is 16.1. The third kappa shape index (κ3) is 17.8. The molecular weight excluding hydrogens is 256 g/mol. The maximum Gasteiger partial charge on any atom is 0.0635 e. The highest BCUT2D eigenvalue weighted by molar-refractivity contribution is 4.78. The van der Waals surface area contributed by atoms with Crippen LogP contribution in [0, 0.1) is 23.2 Å². The van der Waals surface area contributed by atoms with Gasteiger partial charge in [-0.1, -0.05) is 55.4 Å². The Morgan fingerprint density at radius 2 is 1.00 bits per heavy atom. The fourth-order valence-corrected chi connectivity index (χ4v) is 0.996. The third-order valence-electron chi connectivity index (χ3n) is 2.57. The number of aliphatic hydroxyl groups excluding tert-OH is 4. The summed E-state index contributed by atoms with van der Waals surface area (Å²) in [6.07, 6.45) is -0.419. The predicted molar refractivity (Wildman–Crippen MR) is 85.6 cm³/mol. The highest BCUT2D eigenvalue weighted by Gasteiger charge is 2.28. The SMILES string of the molecule is CC(C)C(O)C(C)(C)CO.CC(C)CO.CC(C)CO. The van der Waals surface area contributed by atoms with E-state index >= 15 is 0 Å². The quantitative estimate of drug-likeness (QED) is 0.627. The summed E-state index contributed by atoms with van der Waals surface area (Å²) < 4.78 is 0. The van der Waals surface area contributed by atoms with E-state index in [1.54, 1.807) is 0 Å². The summed E-state index contributed by atoms with van der Waals surface area (Å²) in [4.78, 5) is 0. The zero-order chi connectivity index (χ0) is 16.9. The van der Waals surface area contributed by atoms with Crippen LogP contribution in [0.3, 0.4) is 0 Å². The molecule has 4 N–H and O–H groups in total. The first kappa shape index (κ1) is 24.8. The van der Waals surface area contributed by atoms with Crippen molar-refractivity contribution in [2.24, 2.45) is 23.2 Å². The van der Waals surface area contributed by atoms with Crippen molar-refractivity contribution < 1.29 is 20.4 Å². The number of rotatable bonds is 5. The molecule has 1 unspecified atom stereocenters. The highest BCUT2D eigenvalue weighted by atomic mass is 16.3. The molecule has 0 aliphatic heterocycles. The van der Waals surface area contributed by atoms with Gasteiger partial charge >= 0.3 is 0 Å². The second-order valence-corrected chi connectivity index (χ2v) is 6.99. The van der Waals surface area contributed by atoms with E-state index in [2.05, 4.69) is 0 Å². The summed E-state index contributed by atoms with van der Waals surface area (Å²) in [5.41, 5.74) is -0.367. The van der Waals surface area contributed by atoms with Gasteiger partial charge in [-0.25, -0.2) is 0 Å². The van der Waals surface area contributed by atoms with E-state index in [4.69, 9.17) is 15.3 Å². The molecule has 4 heteroatoms. The molecule has 20 heavy (non-hydrogen) atoms. The summed E-state index contributed by atoms with van der Waals surface area (Å²) >= 11 is 0. The molecule has 0 saturated heterocycles. The Hall–Kier alpha value is -0.160. The van der Waals surface area contributed by atoms with Gasteiger partial charge in [0.05, 0.1) is 12.7 Å². The molecule has 0 aliphatic carbocycles. The van der Waals surface area contributed by atoms with Crippen LogP contribution in [0.25, 0.3) is 0 Å². The molecule has 0 heterocycles. The lowest BCUT2D eigenvalue weighted by Crippen LogP contribution is -2.36. The summed E-state index contributed by atoms with van der Waals surface area (Å²) in [5, 5.41) is 34.6. The lowest BCUT2D eigenvalue weighted by atomic mass is 9.82. The monoisotopic (exact) mass is 294 g/mol. The van der Waals surface area contributed by atoms with Crippen molar-refractivity contribution in [2.45, 2.75) is 61.5 Å². The Labute approximate surface area is 125 Å². The molecule has 0 saturated carbocycles. The van der Waals surface area contributed by atoms with Crippen molar-refractivity contribution in [1.29, 1.82) is 0 Å². The Morgan fingerprint density at radius 3 is 1.05 bits per heavy atom. The Morgan fingerprint density at radius 1 is 0.750 bits per heavy atom. The van der Waals surface area contributed by atoms with Gasteiger partial charge in [-0.3, -0.25) is 0 Å². The average molecular weight is 294 g/mol. The van der Waals surface area contributed by atoms with Gasteiger partial charge in [-0.05, 0) is 17.8 Å². The maximum atomic E-state index is 9.49. The van der Waals surface area contributed by atoms with Crippen LogP contribution in [-0.2, 0) is 0 Å². The van der Waals surface area contributed by atoms with Crippen LogP contribution in [0.5, 0.6) is 0 Å². The topological polar surface area (TPSA) is 80.9 Å². The van der Waals surface area contributed by atoms with Gasteiger partial charge < -0.3 is 20.4 Å². The summed E-state index contributed by atoms with van der Waals surface area (Å²) in [5.74, 6) is 1.09. The number of hydrogen-bond acceptors (Lipinski definition) is 4. The first-order valence-corrected chi connectivity index (χ1v) is 7.46. The Balaban J connectivity index is -0.000000244. The van der Waals surface area contributed by atoms with Gasteiger partial charge in [0, 0.05) is 18.6 Å². The van der Waals surface area contributed by atoms with Crippen molar-refractivity contribution in [1.82, 2.24) is 0 Å².